The minimum Gasteiger partial charge on any atom is -0.377 e. The molecule has 2 heteroatoms. The van der Waals surface area contributed by atoms with Crippen LogP contribution in [-0.2, 0) is 4.74 Å². The van der Waals surface area contributed by atoms with Crippen LogP contribution in [0.25, 0.3) is 0 Å². The fourth-order valence-electron chi connectivity index (χ4n) is 3.46. The summed E-state index contributed by atoms with van der Waals surface area (Å²) in [5.41, 5.74) is 0.0974. The fourth-order valence-corrected chi connectivity index (χ4v) is 3.46. The highest BCUT2D eigenvalue weighted by atomic mass is 16.5. The van der Waals surface area contributed by atoms with Gasteiger partial charge in [-0.3, -0.25) is 0 Å². The van der Waals surface area contributed by atoms with Crippen molar-refractivity contribution in [1.82, 2.24) is 5.32 Å². The zero-order chi connectivity index (χ0) is 12.7. The van der Waals surface area contributed by atoms with E-state index >= 15 is 0 Å². The van der Waals surface area contributed by atoms with Crippen molar-refractivity contribution >= 4 is 0 Å². The van der Waals surface area contributed by atoms with E-state index in [4.69, 9.17) is 4.74 Å². The summed E-state index contributed by atoms with van der Waals surface area (Å²) in [7, 11) is 4.00. The highest BCUT2D eigenvalue weighted by Gasteiger charge is 2.40. The molecule has 17 heavy (non-hydrogen) atoms. The van der Waals surface area contributed by atoms with Gasteiger partial charge in [0.25, 0.3) is 0 Å². The van der Waals surface area contributed by atoms with E-state index in [9.17, 15) is 0 Å². The number of nitrogens with one attached hydrogen (secondary N) is 1. The van der Waals surface area contributed by atoms with E-state index in [2.05, 4.69) is 26.2 Å². The quantitative estimate of drug-likeness (QED) is 0.685. The summed E-state index contributed by atoms with van der Waals surface area (Å²) in [6, 6.07) is 0.529. The number of rotatable bonds is 7. The third-order valence-corrected chi connectivity index (χ3v) is 4.48. The van der Waals surface area contributed by atoms with E-state index in [0.717, 1.165) is 5.92 Å². The van der Waals surface area contributed by atoms with Crippen molar-refractivity contribution in [1.29, 1.82) is 0 Å². The molecule has 0 aromatic heterocycles. The van der Waals surface area contributed by atoms with Crippen molar-refractivity contribution in [2.45, 2.75) is 76.9 Å². The van der Waals surface area contributed by atoms with Gasteiger partial charge in [0.15, 0.2) is 0 Å². The van der Waals surface area contributed by atoms with E-state index in [1.165, 1.54) is 51.4 Å². The van der Waals surface area contributed by atoms with E-state index in [1.54, 1.807) is 0 Å². The van der Waals surface area contributed by atoms with Gasteiger partial charge in [-0.05, 0) is 32.2 Å². The van der Waals surface area contributed by atoms with Gasteiger partial charge in [0.1, 0.15) is 0 Å². The number of hydrogen-bond acceptors (Lipinski definition) is 2. The molecular weight excluding hydrogens is 210 g/mol. The highest BCUT2D eigenvalue weighted by Crippen LogP contribution is 2.38. The van der Waals surface area contributed by atoms with Crippen LogP contribution in [0.2, 0.25) is 0 Å². The molecule has 1 aliphatic carbocycles. The lowest BCUT2D eigenvalue weighted by Crippen LogP contribution is -2.53. The number of methoxy groups -OCH3 is 1. The van der Waals surface area contributed by atoms with Crippen molar-refractivity contribution in [3.8, 4) is 0 Å². The zero-order valence-electron chi connectivity index (χ0n) is 12.2. The SMILES string of the molecule is CCCCCC(NC)C1(OC)CCCC(C)C1. The maximum atomic E-state index is 5.97. The molecule has 1 rings (SSSR count). The van der Waals surface area contributed by atoms with Crippen LogP contribution in [-0.4, -0.2) is 25.8 Å². The van der Waals surface area contributed by atoms with Crippen molar-refractivity contribution in [2.24, 2.45) is 5.92 Å². The Kier molecular flexibility index (Phi) is 6.50. The van der Waals surface area contributed by atoms with Crippen LogP contribution in [0.1, 0.15) is 65.2 Å². The van der Waals surface area contributed by atoms with E-state index in [1.807, 2.05) is 7.11 Å². The van der Waals surface area contributed by atoms with E-state index < -0.39 is 0 Å². The molecule has 0 heterocycles. The van der Waals surface area contributed by atoms with Gasteiger partial charge < -0.3 is 10.1 Å². The average Bonchev–Trinajstić information content (AvgIpc) is 2.34. The van der Waals surface area contributed by atoms with Gasteiger partial charge in [-0.25, -0.2) is 0 Å². The molecule has 0 saturated heterocycles. The van der Waals surface area contributed by atoms with Crippen LogP contribution in [0, 0.1) is 5.92 Å². The first kappa shape index (κ1) is 15.0. The third kappa shape index (κ3) is 3.96. The second kappa shape index (κ2) is 7.38. The van der Waals surface area contributed by atoms with Gasteiger partial charge in [0, 0.05) is 13.2 Å². The summed E-state index contributed by atoms with van der Waals surface area (Å²) in [5.74, 6) is 0.811. The summed E-state index contributed by atoms with van der Waals surface area (Å²) >= 11 is 0. The minimum atomic E-state index is 0.0974. The van der Waals surface area contributed by atoms with Crippen molar-refractivity contribution in [3.05, 3.63) is 0 Å². The molecule has 1 aliphatic rings. The number of likely N-dealkylation sites (N-methyl/N-ethyl adjacent to an activating group) is 1. The van der Waals surface area contributed by atoms with E-state index in [-0.39, 0.29) is 5.60 Å². The maximum Gasteiger partial charge on any atom is 0.0833 e. The van der Waals surface area contributed by atoms with Crippen molar-refractivity contribution in [2.75, 3.05) is 14.2 Å². The molecule has 0 aliphatic heterocycles. The molecule has 3 atom stereocenters. The molecule has 0 amide bonds. The maximum absolute atomic E-state index is 5.97. The lowest BCUT2D eigenvalue weighted by Gasteiger charge is -2.44. The predicted molar refractivity (Wildman–Crippen MR) is 74.4 cm³/mol. The predicted octanol–water partition coefficient (Wildman–Crippen LogP) is 3.75. The van der Waals surface area contributed by atoms with Crippen LogP contribution in [0.4, 0.5) is 0 Å². The third-order valence-electron chi connectivity index (χ3n) is 4.48. The molecule has 1 fully saturated rings. The van der Waals surface area contributed by atoms with Gasteiger partial charge in [0.2, 0.25) is 0 Å². The molecule has 2 nitrogen and oxygen atoms in total. The summed E-state index contributed by atoms with van der Waals surface area (Å²) in [5, 5.41) is 3.52. The number of hydrogen-bond donors (Lipinski definition) is 1. The summed E-state index contributed by atoms with van der Waals surface area (Å²) in [6.07, 6.45) is 10.4. The Labute approximate surface area is 108 Å². The molecule has 0 spiro atoms. The monoisotopic (exact) mass is 241 g/mol. The standard InChI is InChI=1S/C15H31NO/c1-5-6-7-10-14(16-3)15(17-4)11-8-9-13(2)12-15/h13-14,16H,5-12H2,1-4H3. The van der Waals surface area contributed by atoms with E-state index in [0.29, 0.717) is 6.04 Å². The van der Waals surface area contributed by atoms with Gasteiger partial charge >= 0.3 is 0 Å². The molecule has 1 N–H and O–H groups in total. The second-order valence-corrected chi connectivity index (χ2v) is 5.81. The lowest BCUT2D eigenvalue weighted by atomic mass is 9.73. The largest absolute Gasteiger partial charge is 0.377 e. The minimum absolute atomic E-state index is 0.0974. The second-order valence-electron chi connectivity index (χ2n) is 5.81. The smallest absolute Gasteiger partial charge is 0.0833 e. The van der Waals surface area contributed by atoms with Gasteiger partial charge in [-0.15, -0.1) is 0 Å². The van der Waals surface area contributed by atoms with Crippen molar-refractivity contribution in [3.63, 3.8) is 0 Å². The first-order chi connectivity index (χ1) is 8.18. The first-order valence-electron chi connectivity index (χ1n) is 7.41. The normalized spacial score (nSPS) is 31.4. The highest BCUT2D eigenvalue weighted by molar-refractivity contribution is 4.96. The lowest BCUT2D eigenvalue weighted by molar-refractivity contribution is -0.0797. The Morgan fingerprint density at radius 1 is 1.41 bits per heavy atom. The van der Waals surface area contributed by atoms with Crippen LogP contribution < -0.4 is 5.32 Å². The molecule has 0 radical (unpaired) electrons. The average molecular weight is 241 g/mol. The molecule has 0 bridgehead atoms. The fraction of sp³-hybridized carbons (Fsp3) is 1.00. The Bertz CT molecular complexity index is 207. The Balaban J connectivity index is 2.60. The Morgan fingerprint density at radius 3 is 2.71 bits per heavy atom. The van der Waals surface area contributed by atoms with Crippen LogP contribution in [0.15, 0.2) is 0 Å². The summed E-state index contributed by atoms with van der Waals surface area (Å²) in [4.78, 5) is 0. The molecular formula is C15H31NO. The molecule has 1 saturated carbocycles. The number of ether oxygens (including phenoxy) is 1. The Hall–Kier alpha value is -0.0800. The van der Waals surface area contributed by atoms with Crippen LogP contribution in [0.3, 0.4) is 0 Å². The molecule has 102 valence electrons. The first-order valence-corrected chi connectivity index (χ1v) is 7.41. The van der Waals surface area contributed by atoms with Gasteiger partial charge in [0.05, 0.1) is 5.60 Å². The van der Waals surface area contributed by atoms with Crippen molar-refractivity contribution < 1.29 is 4.74 Å². The van der Waals surface area contributed by atoms with Gasteiger partial charge in [-0.1, -0.05) is 46.0 Å². The topological polar surface area (TPSA) is 21.3 Å². The van der Waals surface area contributed by atoms with Gasteiger partial charge in [-0.2, -0.15) is 0 Å². The molecule has 0 aromatic rings. The summed E-state index contributed by atoms with van der Waals surface area (Å²) in [6.45, 7) is 4.63. The molecule has 3 unspecified atom stereocenters. The van der Waals surface area contributed by atoms with Crippen LogP contribution in [0.5, 0.6) is 0 Å². The molecule has 0 aromatic carbocycles. The van der Waals surface area contributed by atoms with Crippen LogP contribution >= 0.6 is 0 Å². The Morgan fingerprint density at radius 2 is 2.18 bits per heavy atom. The zero-order valence-corrected chi connectivity index (χ0v) is 12.2. The number of unbranched alkanes of at least 4 members (excludes halogenated alkanes) is 2. The summed E-state index contributed by atoms with van der Waals surface area (Å²) < 4.78 is 5.97.